The summed E-state index contributed by atoms with van der Waals surface area (Å²) >= 11 is 0. The van der Waals surface area contributed by atoms with Crippen molar-refractivity contribution in [2.75, 3.05) is 32.5 Å². The molecule has 0 saturated carbocycles. The first-order chi connectivity index (χ1) is 10.4. The van der Waals surface area contributed by atoms with Crippen molar-refractivity contribution >= 4 is 15.9 Å². The van der Waals surface area contributed by atoms with E-state index < -0.39 is 10.0 Å². The Morgan fingerprint density at radius 3 is 2.82 bits per heavy atom. The number of rotatable bonds is 4. The van der Waals surface area contributed by atoms with Crippen molar-refractivity contribution in [3.8, 4) is 0 Å². The van der Waals surface area contributed by atoms with Gasteiger partial charge in [0, 0.05) is 6.54 Å². The fourth-order valence-corrected chi connectivity index (χ4v) is 3.48. The zero-order valence-corrected chi connectivity index (χ0v) is 13.3. The fraction of sp³-hybridized carbons (Fsp3) is 0.643. The summed E-state index contributed by atoms with van der Waals surface area (Å²) in [5.74, 6) is 0.427. The molecule has 7 nitrogen and oxygen atoms in total. The van der Waals surface area contributed by atoms with Crippen LogP contribution in [-0.2, 0) is 14.8 Å². The van der Waals surface area contributed by atoms with Crippen LogP contribution in [0.2, 0.25) is 0 Å². The van der Waals surface area contributed by atoms with Crippen LogP contribution in [0.25, 0.3) is 0 Å². The molecule has 0 aromatic carbocycles. The Hall–Kier alpha value is -1.38. The van der Waals surface area contributed by atoms with Crippen molar-refractivity contribution < 1.29 is 22.4 Å². The molecule has 2 fully saturated rings. The first kappa shape index (κ1) is 15.5. The molecule has 1 atom stereocenters. The van der Waals surface area contributed by atoms with Gasteiger partial charge in [-0.3, -0.25) is 4.79 Å². The molecule has 1 spiro atoms. The second-order valence-corrected chi connectivity index (χ2v) is 7.99. The van der Waals surface area contributed by atoms with Gasteiger partial charge >= 0.3 is 0 Å². The number of hydrogen-bond acceptors (Lipinski definition) is 5. The van der Waals surface area contributed by atoms with Gasteiger partial charge in [0.2, 0.25) is 10.0 Å². The number of likely N-dealkylation sites (tertiary alicyclic amines) is 1. The molecule has 1 aromatic rings. The zero-order valence-electron chi connectivity index (χ0n) is 12.4. The van der Waals surface area contributed by atoms with Gasteiger partial charge in [-0.15, -0.1) is 0 Å². The molecule has 1 aromatic heterocycles. The maximum absolute atomic E-state index is 12.1. The Balaban J connectivity index is 1.46. The summed E-state index contributed by atoms with van der Waals surface area (Å²) in [6.45, 7) is 2.06. The first-order valence-electron chi connectivity index (χ1n) is 7.28. The van der Waals surface area contributed by atoms with Crippen LogP contribution < -0.4 is 4.72 Å². The molecule has 0 aliphatic carbocycles. The molecule has 22 heavy (non-hydrogen) atoms. The smallest absolute Gasteiger partial charge is 0.289 e. The van der Waals surface area contributed by atoms with Crippen LogP contribution in [0.15, 0.2) is 22.8 Å². The van der Waals surface area contributed by atoms with Crippen LogP contribution >= 0.6 is 0 Å². The molecule has 1 amide bonds. The predicted molar refractivity (Wildman–Crippen MR) is 78.9 cm³/mol. The minimum Gasteiger partial charge on any atom is -0.459 e. The number of amides is 1. The first-order valence-corrected chi connectivity index (χ1v) is 9.17. The number of sulfonamides is 1. The van der Waals surface area contributed by atoms with Crippen LogP contribution in [0.5, 0.6) is 0 Å². The fourth-order valence-electron chi connectivity index (χ4n) is 2.95. The van der Waals surface area contributed by atoms with Gasteiger partial charge in [-0.2, -0.15) is 0 Å². The zero-order chi connectivity index (χ0) is 15.8. The van der Waals surface area contributed by atoms with E-state index in [1.165, 1.54) is 6.26 Å². The molecule has 0 bridgehead atoms. The Labute approximate surface area is 129 Å². The summed E-state index contributed by atoms with van der Waals surface area (Å²) in [5.41, 5.74) is -0.260. The van der Waals surface area contributed by atoms with Crippen molar-refractivity contribution in [3.63, 3.8) is 0 Å². The molecular weight excluding hydrogens is 308 g/mol. The van der Waals surface area contributed by atoms with E-state index in [1.807, 2.05) is 0 Å². The Morgan fingerprint density at radius 2 is 2.27 bits per heavy atom. The molecule has 2 aliphatic rings. The van der Waals surface area contributed by atoms with E-state index in [-0.39, 0.29) is 17.4 Å². The van der Waals surface area contributed by atoms with E-state index in [9.17, 15) is 13.2 Å². The van der Waals surface area contributed by atoms with Gasteiger partial charge < -0.3 is 14.1 Å². The van der Waals surface area contributed by atoms with Crippen molar-refractivity contribution in [2.24, 2.45) is 5.92 Å². The largest absolute Gasteiger partial charge is 0.459 e. The van der Waals surface area contributed by atoms with Gasteiger partial charge in [0.25, 0.3) is 5.91 Å². The van der Waals surface area contributed by atoms with E-state index in [1.54, 1.807) is 17.0 Å². The average Bonchev–Trinajstić information content (AvgIpc) is 2.96. The maximum Gasteiger partial charge on any atom is 0.289 e. The lowest BCUT2D eigenvalue weighted by molar-refractivity contribution is -0.166. The lowest BCUT2D eigenvalue weighted by atomic mass is 9.83. The lowest BCUT2D eigenvalue weighted by Gasteiger charge is -2.52. The molecule has 1 N–H and O–H groups in total. The van der Waals surface area contributed by atoms with Crippen molar-refractivity contribution in [1.29, 1.82) is 0 Å². The molecule has 122 valence electrons. The summed E-state index contributed by atoms with van der Waals surface area (Å²) in [5, 5.41) is 0. The highest BCUT2D eigenvalue weighted by Crippen LogP contribution is 2.36. The Morgan fingerprint density at radius 1 is 1.50 bits per heavy atom. The monoisotopic (exact) mass is 328 g/mol. The number of ether oxygens (including phenoxy) is 1. The minimum absolute atomic E-state index is 0.111. The van der Waals surface area contributed by atoms with Crippen LogP contribution in [0.1, 0.15) is 23.4 Å². The molecule has 0 radical (unpaired) electrons. The van der Waals surface area contributed by atoms with Crippen molar-refractivity contribution in [3.05, 3.63) is 24.2 Å². The maximum atomic E-state index is 12.1. The second-order valence-electron chi connectivity index (χ2n) is 6.16. The quantitative estimate of drug-likeness (QED) is 0.867. The molecule has 8 heteroatoms. The molecule has 2 aliphatic heterocycles. The normalized spacial score (nSPS) is 24.2. The number of carbonyl (C=O) groups excluding carboxylic acids is 1. The second kappa shape index (κ2) is 5.68. The summed E-state index contributed by atoms with van der Waals surface area (Å²) in [7, 11) is -3.16. The average molecular weight is 328 g/mol. The summed E-state index contributed by atoms with van der Waals surface area (Å²) in [4.78, 5) is 13.8. The van der Waals surface area contributed by atoms with E-state index in [4.69, 9.17) is 9.15 Å². The predicted octanol–water partition coefficient (Wildman–Crippen LogP) is 0.450. The SMILES string of the molecule is CS(=O)(=O)NC[C@@H]1CCC2(CN(C(=O)c3ccco3)C2)OC1. The van der Waals surface area contributed by atoms with Gasteiger partial charge in [0.1, 0.15) is 5.60 Å². The lowest BCUT2D eigenvalue weighted by Crippen LogP contribution is -2.66. The van der Waals surface area contributed by atoms with Crippen molar-refractivity contribution in [1.82, 2.24) is 9.62 Å². The topological polar surface area (TPSA) is 88.9 Å². The highest BCUT2D eigenvalue weighted by atomic mass is 32.2. The summed E-state index contributed by atoms with van der Waals surface area (Å²) in [6, 6.07) is 3.35. The highest BCUT2D eigenvalue weighted by Gasteiger charge is 2.48. The third-order valence-electron chi connectivity index (χ3n) is 4.24. The summed E-state index contributed by atoms with van der Waals surface area (Å²) in [6.07, 6.45) is 4.37. The third-order valence-corrected chi connectivity index (χ3v) is 4.94. The van der Waals surface area contributed by atoms with E-state index in [2.05, 4.69) is 4.72 Å². The van der Waals surface area contributed by atoms with Gasteiger partial charge in [-0.1, -0.05) is 0 Å². The van der Waals surface area contributed by atoms with Crippen LogP contribution in [0, 0.1) is 5.92 Å². The number of furan rings is 1. The van der Waals surface area contributed by atoms with Gasteiger partial charge in [0.15, 0.2) is 5.76 Å². The standard InChI is InChI=1S/C14H20N2O5S/c1-22(18,19)15-7-11-4-5-14(21-8-11)9-16(10-14)13(17)12-3-2-6-20-12/h2-3,6,11,15H,4-5,7-10H2,1H3/t11-/m0/s1. The third kappa shape index (κ3) is 3.34. The number of hydrogen-bond donors (Lipinski definition) is 1. The molecule has 3 rings (SSSR count). The van der Waals surface area contributed by atoms with E-state index >= 15 is 0 Å². The van der Waals surface area contributed by atoms with E-state index in [0.717, 1.165) is 19.1 Å². The minimum atomic E-state index is -3.16. The van der Waals surface area contributed by atoms with Crippen LogP contribution in [0.4, 0.5) is 0 Å². The molecule has 0 unspecified atom stereocenters. The molecule has 3 heterocycles. The van der Waals surface area contributed by atoms with Crippen molar-refractivity contribution in [2.45, 2.75) is 18.4 Å². The van der Waals surface area contributed by atoms with Gasteiger partial charge in [-0.25, -0.2) is 13.1 Å². The number of carbonyl (C=O) groups is 1. The molecular formula is C14H20N2O5S. The van der Waals surface area contributed by atoms with Crippen LogP contribution in [-0.4, -0.2) is 57.3 Å². The highest BCUT2D eigenvalue weighted by molar-refractivity contribution is 7.88. The Bertz CT molecular complexity index is 624. The van der Waals surface area contributed by atoms with Gasteiger partial charge in [0.05, 0.1) is 32.2 Å². The van der Waals surface area contributed by atoms with E-state index in [0.29, 0.717) is 32.0 Å². The van der Waals surface area contributed by atoms with Crippen LogP contribution in [0.3, 0.4) is 0 Å². The Kier molecular flexibility index (Phi) is 4.00. The number of nitrogens with one attached hydrogen (secondary N) is 1. The summed E-state index contributed by atoms with van der Waals surface area (Å²) < 4.78 is 35.7. The molecule has 2 saturated heterocycles. The number of nitrogens with zero attached hydrogens (tertiary/aromatic N) is 1. The van der Waals surface area contributed by atoms with Gasteiger partial charge in [-0.05, 0) is 30.9 Å².